The van der Waals surface area contributed by atoms with Crippen LogP contribution in [-0.2, 0) is 4.79 Å². The lowest BCUT2D eigenvalue weighted by atomic mass is 9.99. The Balaban J connectivity index is 1.65. The maximum absolute atomic E-state index is 13.3. The van der Waals surface area contributed by atoms with E-state index in [1.54, 1.807) is 0 Å². The second-order valence-corrected chi connectivity index (χ2v) is 7.79. The molecule has 0 saturated heterocycles. The van der Waals surface area contributed by atoms with Gasteiger partial charge in [0.25, 0.3) is 5.91 Å². The van der Waals surface area contributed by atoms with Gasteiger partial charge in [-0.25, -0.2) is 9.69 Å². The zero-order valence-electron chi connectivity index (χ0n) is 18.4. The van der Waals surface area contributed by atoms with Crippen molar-refractivity contribution in [3.63, 3.8) is 0 Å². The van der Waals surface area contributed by atoms with Crippen molar-refractivity contribution in [1.29, 1.82) is 5.26 Å². The van der Waals surface area contributed by atoms with Gasteiger partial charge in [-0.2, -0.15) is 15.5 Å². The maximum Gasteiger partial charge on any atom is 0.276 e. The summed E-state index contributed by atoms with van der Waals surface area (Å²) in [4.78, 5) is 13.3. The summed E-state index contributed by atoms with van der Waals surface area (Å²) < 4.78 is 1.82. The Morgan fingerprint density at radius 1 is 0.853 bits per heavy atom. The van der Waals surface area contributed by atoms with Gasteiger partial charge in [-0.1, -0.05) is 78.9 Å². The Kier molecular flexibility index (Phi) is 5.83. The van der Waals surface area contributed by atoms with E-state index in [0.29, 0.717) is 11.3 Å². The summed E-state index contributed by atoms with van der Waals surface area (Å²) in [6, 6.07) is 31.5. The molecule has 164 valence electrons. The van der Waals surface area contributed by atoms with Crippen molar-refractivity contribution < 1.29 is 4.79 Å². The van der Waals surface area contributed by atoms with E-state index in [9.17, 15) is 4.79 Å². The summed E-state index contributed by atoms with van der Waals surface area (Å²) in [6.07, 6.45) is 4.00. The third-order valence-corrected chi connectivity index (χ3v) is 5.53. The SMILES string of the molecule is N#CCCN1N=C(c2ccccc2)/C(=C/c2cn(-c3ccccc3)nc2-c2ccccc2)C1=O. The Morgan fingerprint density at radius 3 is 2.12 bits per heavy atom. The van der Waals surface area contributed by atoms with E-state index in [1.807, 2.05) is 108 Å². The molecule has 34 heavy (non-hydrogen) atoms. The number of aromatic nitrogens is 2. The molecule has 1 aromatic heterocycles. The summed E-state index contributed by atoms with van der Waals surface area (Å²) >= 11 is 0. The minimum atomic E-state index is -0.222. The first-order valence-corrected chi connectivity index (χ1v) is 11.0. The Hall–Kier alpha value is -4.76. The first kappa shape index (κ1) is 21.1. The number of carbonyl (C=O) groups is 1. The van der Waals surface area contributed by atoms with Gasteiger partial charge in [0.15, 0.2) is 0 Å². The summed E-state index contributed by atoms with van der Waals surface area (Å²) in [7, 11) is 0. The third-order valence-electron chi connectivity index (χ3n) is 5.53. The molecule has 0 spiro atoms. The quantitative estimate of drug-likeness (QED) is 0.390. The van der Waals surface area contributed by atoms with Crippen molar-refractivity contribution in [3.8, 4) is 23.0 Å². The molecule has 4 aromatic rings. The van der Waals surface area contributed by atoms with Crippen LogP contribution in [0.4, 0.5) is 0 Å². The normalized spacial score (nSPS) is 14.3. The number of para-hydroxylation sites is 1. The van der Waals surface area contributed by atoms with Gasteiger partial charge in [0, 0.05) is 22.9 Å². The van der Waals surface area contributed by atoms with Gasteiger partial charge in [-0.3, -0.25) is 4.79 Å². The number of amides is 1. The van der Waals surface area contributed by atoms with Crippen LogP contribution in [0.2, 0.25) is 0 Å². The van der Waals surface area contributed by atoms with Crippen LogP contribution in [0.5, 0.6) is 0 Å². The van der Waals surface area contributed by atoms with Crippen molar-refractivity contribution in [2.45, 2.75) is 6.42 Å². The van der Waals surface area contributed by atoms with E-state index in [0.717, 1.165) is 28.1 Å². The largest absolute Gasteiger partial charge is 0.276 e. The fraction of sp³-hybridized carbons (Fsp3) is 0.0714. The molecule has 0 radical (unpaired) electrons. The zero-order chi connectivity index (χ0) is 23.3. The molecule has 6 heteroatoms. The van der Waals surface area contributed by atoms with Crippen LogP contribution in [0, 0.1) is 11.3 Å². The molecule has 3 aromatic carbocycles. The van der Waals surface area contributed by atoms with Crippen molar-refractivity contribution in [2.75, 3.05) is 6.54 Å². The molecular formula is C28H21N5O. The predicted octanol–water partition coefficient (Wildman–Crippen LogP) is 5.08. The standard InChI is InChI=1S/C28H21N5O/c29-17-10-18-32-28(34)25(27(31-32)22-13-6-2-7-14-22)19-23-20-33(24-15-8-3-9-16-24)30-26(23)21-11-4-1-5-12-21/h1-9,11-16,19-20H,10,18H2/b25-19-. The monoisotopic (exact) mass is 443 g/mol. The van der Waals surface area contributed by atoms with E-state index in [2.05, 4.69) is 11.2 Å². The maximum atomic E-state index is 13.3. The minimum absolute atomic E-state index is 0.214. The van der Waals surface area contributed by atoms with Crippen LogP contribution in [0.3, 0.4) is 0 Å². The Labute approximate surface area is 197 Å². The summed E-state index contributed by atoms with van der Waals surface area (Å²) in [5.74, 6) is -0.222. The molecule has 1 amide bonds. The van der Waals surface area contributed by atoms with E-state index >= 15 is 0 Å². The Bertz CT molecular complexity index is 1410. The molecule has 0 N–H and O–H groups in total. The number of rotatable bonds is 6. The smallest absolute Gasteiger partial charge is 0.267 e. The van der Waals surface area contributed by atoms with Crippen LogP contribution >= 0.6 is 0 Å². The van der Waals surface area contributed by atoms with Gasteiger partial charge in [-0.05, 0) is 18.2 Å². The highest BCUT2D eigenvalue weighted by Gasteiger charge is 2.31. The first-order chi connectivity index (χ1) is 16.7. The van der Waals surface area contributed by atoms with Crippen molar-refractivity contribution in [1.82, 2.24) is 14.8 Å². The lowest BCUT2D eigenvalue weighted by Crippen LogP contribution is -2.23. The molecule has 5 rings (SSSR count). The average Bonchev–Trinajstić information content (AvgIpc) is 3.46. The van der Waals surface area contributed by atoms with Gasteiger partial charge in [0.05, 0.1) is 36.0 Å². The average molecular weight is 444 g/mol. The van der Waals surface area contributed by atoms with E-state index in [-0.39, 0.29) is 18.9 Å². The third kappa shape index (κ3) is 4.15. The fourth-order valence-electron chi connectivity index (χ4n) is 3.89. The van der Waals surface area contributed by atoms with Crippen molar-refractivity contribution in [2.24, 2.45) is 5.10 Å². The van der Waals surface area contributed by atoms with Crippen LogP contribution in [0.1, 0.15) is 17.5 Å². The van der Waals surface area contributed by atoms with Crippen molar-refractivity contribution in [3.05, 3.63) is 114 Å². The number of benzene rings is 3. The van der Waals surface area contributed by atoms with Gasteiger partial charge < -0.3 is 0 Å². The molecule has 0 aliphatic carbocycles. The van der Waals surface area contributed by atoms with Gasteiger partial charge >= 0.3 is 0 Å². The molecule has 1 aliphatic rings. The number of carbonyl (C=O) groups excluding carboxylic acids is 1. The molecule has 0 unspecified atom stereocenters. The highest BCUT2D eigenvalue weighted by atomic mass is 16.2. The summed E-state index contributed by atoms with van der Waals surface area (Å²) in [6.45, 7) is 0.248. The van der Waals surface area contributed by atoms with Gasteiger partial charge in [-0.15, -0.1) is 0 Å². The topological polar surface area (TPSA) is 74.3 Å². The molecule has 0 atom stereocenters. The van der Waals surface area contributed by atoms with E-state index < -0.39 is 0 Å². The highest BCUT2D eigenvalue weighted by molar-refractivity contribution is 6.33. The first-order valence-electron chi connectivity index (χ1n) is 11.0. The number of hydrogen-bond donors (Lipinski definition) is 0. The van der Waals surface area contributed by atoms with Crippen LogP contribution < -0.4 is 0 Å². The number of nitrogens with zero attached hydrogens (tertiary/aromatic N) is 5. The molecule has 1 aliphatic heterocycles. The second-order valence-electron chi connectivity index (χ2n) is 7.79. The second kappa shape index (κ2) is 9.39. The molecule has 0 saturated carbocycles. The lowest BCUT2D eigenvalue weighted by Gasteiger charge is -2.08. The predicted molar refractivity (Wildman–Crippen MR) is 132 cm³/mol. The summed E-state index contributed by atoms with van der Waals surface area (Å²) in [5, 5.41) is 19.8. The van der Waals surface area contributed by atoms with E-state index in [4.69, 9.17) is 10.4 Å². The highest BCUT2D eigenvalue weighted by Crippen LogP contribution is 2.29. The van der Waals surface area contributed by atoms with Crippen LogP contribution in [0.15, 0.2) is 108 Å². The number of nitriles is 1. The fourth-order valence-corrected chi connectivity index (χ4v) is 3.89. The van der Waals surface area contributed by atoms with Crippen molar-refractivity contribution >= 4 is 17.7 Å². The minimum Gasteiger partial charge on any atom is -0.267 e. The Morgan fingerprint density at radius 2 is 1.47 bits per heavy atom. The lowest BCUT2D eigenvalue weighted by molar-refractivity contribution is -0.125. The van der Waals surface area contributed by atoms with E-state index in [1.165, 1.54) is 5.01 Å². The van der Waals surface area contributed by atoms with Gasteiger partial charge in [0.2, 0.25) is 0 Å². The number of hydrazone groups is 1. The molecule has 0 bridgehead atoms. The molecule has 0 fully saturated rings. The number of hydrogen-bond acceptors (Lipinski definition) is 4. The van der Waals surface area contributed by atoms with Crippen LogP contribution in [0.25, 0.3) is 23.0 Å². The van der Waals surface area contributed by atoms with Gasteiger partial charge in [0.1, 0.15) is 5.71 Å². The molecule has 2 heterocycles. The van der Waals surface area contributed by atoms with Crippen LogP contribution in [-0.4, -0.2) is 33.0 Å². The molecule has 6 nitrogen and oxygen atoms in total. The summed E-state index contributed by atoms with van der Waals surface area (Å²) in [5.41, 5.74) is 5.38. The zero-order valence-corrected chi connectivity index (χ0v) is 18.4. The molecular weight excluding hydrogens is 422 g/mol.